The molecule has 6 nitrogen and oxygen atoms in total. The molecule has 0 aromatic carbocycles. The number of esters is 1. The SMILES string of the molecule is CCCCCCCCCCCCC/C=C/C(O)C(CO)NC(=O)CCCCCCCCCC/C=C\CCCCCCCCCCCCCCOC(=O)CCCCCCCCCCCCCCCCCCC. The summed E-state index contributed by atoms with van der Waals surface area (Å²) in [5, 5.41) is 23.1. The van der Waals surface area contributed by atoms with E-state index in [-0.39, 0.29) is 18.5 Å². The molecule has 0 bridgehead atoms. The Balaban J connectivity index is 3.39. The van der Waals surface area contributed by atoms with E-state index in [0.717, 1.165) is 38.5 Å². The van der Waals surface area contributed by atoms with Gasteiger partial charge in [-0.15, -0.1) is 0 Å². The predicted octanol–water partition coefficient (Wildman–Crippen LogP) is 20.2. The summed E-state index contributed by atoms with van der Waals surface area (Å²) in [5.74, 6) is -0.0552. The van der Waals surface area contributed by atoms with Crippen molar-refractivity contribution in [2.45, 2.75) is 366 Å². The number of rotatable bonds is 60. The van der Waals surface area contributed by atoms with E-state index >= 15 is 0 Å². The molecule has 0 aliphatic carbocycles. The zero-order valence-corrected chi connectivity index (χ0v) is 48.0. The van der Waals surface area contributed by atoms with Gasteiger partial charge in [-0.1, -0.05) is 308 Å². The Morgan fingerprint density at radius 1 is 0.380 bits per heavy atom. The van der Waals surface area contributed by atoms with Crippen LogP contribution in [0.25, 0.3) is 0 Å². The van der Waals surface area contributed by atoms with Crippen LogP contribution in [0.5, 0.6) is 0 Å². The summed E-state index contributed by atoms with van der Waals surface area (Å²) in [7, 11) is 0. The molecule has 6 heteroatoms. The van der Waals surface area contributed by atoms with Crippen molar-refractivity contribution in [3.8, 4) is 0 Å². The highest BCUT2D eigenvalue weighted by molar-refractivity contribution is 5.76. The van der Waals surface area contributed by atoms with E-state index in [1.165, 1.54) is 289 Å². The van der Waals surface area contributed by atoms with Crippen molar-refractivity contribution < 1.29 is 24.5 Å². The maximum Gasteiger partial charge on any atom is 0.305 e. The van der Waals surface area contributed by atoms with E-state index in [9.17, 15) is 19.8 Å². The first-order valence-electron chi connectivity index (χ1n) is 32.1. The van der Waals surface area contributed by atoms with Crippen molar-refractivity contribution in [1.82, 2.24) is 5.32 Å². The quantitative estimate of drug-likeness (QED) is 0.0320. The molecule has 3 N–H and O–H groups in total. The lowest BCUT2D eigenvalue weighted by atomic mass is 10.0. The van der Waals surface area contributed by atoms with Crippen LogP contribution in [0.4, 0.5) is 0 Å². The Morgan fingerprint density at radius 2 is 0.662 bits per heavy atom. The third-order valence-corrected chi connectivity index (χ3v) is 15.0. The number of hydrogen-bond acceptors (Lipinski definition) is 5. The standard InChI is InChI=1S/C65H125NO5/c1-3-5-7-9-11-13-15-17-18-27-31-35-39-43-47-51-55-59-65(70)71-60-56-52-48-44-40-36-32-29-26-24-22-20-19-21-23-25-28-30-34-38-42-46-50-54-58-64(69)66-62(61-67)63(68)57-53-49-45-41-37-33-16-14-12-10-8-6-4-2/h21,23,53,57,62-63,67-68H,3-20,22,24-52,54-56,58-61H2,1-2H3,(H,66,69)/b23-21-,57-53+. The largest absolute Gasteiger partial charge is 0.466 e. The van der Waals surface area contributed by atoms with Gasteiger partial charge >= 0.3 is 5.97 Å². The second-order valence-electron chi connectivity index (χ2n) is 22.1. The topological polar surface area (TPSA) is 95.9 Å². The van der Waals surface area contributed by atoms with Crippen molar-refractivity contribution >= 4 is 11.9 Å². The smallest absolute Gasteiger partial charge is 0.305 e. The normalized spacial score (nSPS) is 12.7. The highest BCUT2D eigenvalue weighted by Crippen LogP contribution is 2.18. The molecule has 0 aromatic heterocycles. The van der Waals surface area contributed by atoms with Crippen LogP contribution in [0.2, 0.25) is 0 Å². The third-order valence-electron chi connectivity index (χ3n) is 15.0. The monoisotopic (exact) mass is 1000 g/mol. The first-order valence-corrected chi connectivity index (χ1v) is 32.1. The van der Waals surface area contributed by atoms with Crippen molar-refractivity contribution in [1.29, 1.82) is 0 Å². The molecular formula is C65H125NO5. The van der Waals surface area contributed by atoms with Gasteiger partial charge in [-0.3, -0.25) is 9.59 Å². The fourth-order valence-corrected chi connectivity index (χ4v) is 10.0. The van der Waals surface area contributed by atoms with Crippen LogP contribution in [0, 0.1) is 0 Å². The lowest BCUT2D eigenvalue weighted by Gasteiger charge is -2.20. The molecular weight excluding hydrogens is 875 g/mol. The highest BCUT2D eigenvalue weighted by atomic mass is 16.5. The molecule has 0 aliphatic rings. The predicted molar refractivity (Wildman–Crippen MR) is 310 cm³/mol. The van der Waals surface area contributed by atoms with Crippen LogP contribution in [0.3, 0.4) is 0 Å². The number of aliphatic hydroxyl groups is 2. The van der Waals surface area contributed by atoms with Gasteiger partial charge in [0.1, 0.15) is 0 Å². The molecule has 0 fully saturated rings. The molecule has 0 aliphatic heterocycles. The molecule has 0 radical (unpaired) electrons. The fraction of sp³-hybridized carbons (Fsp3) is 0.908. The summed E-state index contributed by atoms with van der Waals surface area (Å²) >= 11 is 0. The van der Waals surface area contributed by atoms with Gasteiger partial charge in [0.15, 0.2) is 0 Å². The van der Waals surface area contributed by atoms with Crippen LogP contribution in [-0.2, 0) is 14.3 Å². The number of unbranched alkanes of at least 4 members (excludes halogenated alkanes) is 47. The average Bonchev–Trinajstić information content (AvgIpc) is 3.37. The number of nitrogens with one attached hydrogen (secondary N) is 1. The van der Waals surface area contributed by atoms with E-state index in [1.807, 2.05) is 6.08 Å². The molecule has 0 rings (SSSR count). The van der Waals surface area contributed by atoms with Crippen LogP contribution in [0.15, 0.2) is 24.3 Å². The van der Waals surface area contributed by atoms with Crippen molar-refractivity contribution in [3.63, 3.8) is 0 Å². The van der Waals surface area contributed by atoms with Crippen LogP contribution < -0.4 is 5.32 Å². The maximum absolute atomic E-state index is 12.4. The Kier molecular flexibility index (Phi) is 59.5. The van der Waals surface area contributed by atoms with Gasteiger partial charge in [0.25, 0.3) is 0 Å². The Labute approximate surface area is 443 Å². The Hall–Kier alpha value is -1.66. The minimum Gasteiger partial charge on any atom is -0.466 e. The maximum atomic E-state index is 12.4. The number of ether oxygens (including phenoxy) is 1. The van der Waals surface area contributed by atoms with E-state index in [2.05, 4.69) is 31.3 Å². The molecule has 2 atom stereocenters. The van der Waals surface area contributed by atoms with Crippen LogP contribution >= 0.6 is 0 Å². The third kappa shape index (κ3) is 57.5. The molecule has 0 saturated heterocycles. The summed E-state index contributed by atoms with van der Waals surface area (Å²) in [6, 6.07) is -0.630. The van der Waals surface area contributed by atoms with Gasteiger partial charge in [-0.05, 0) is 57.8 Å². The lowest BCUT2D eigenvalue weighted by molar-refractivity contribution is -0.143. The van der Waals surface area contributed by atoms with Gasteiger partial charge in [-0.2, -0.15) is 0 Å². The Bertz CT molecular complexity index is 1110. The first kappa shape index (κ1) is 69.3. The molecule has 1 amide bonds. The summed E-state index contributed by atoms with van der Waals surface area (Å²) in [6.45, 7) is 4.92. The van der Waals surface area contributed by atoms with Crippen molar-refractivity contribution in [2.24, 2.45) is 0 Å². The van der Waals surface area contributed by atoms with Crippen LogP contribution in [0.1, 0.15) is 354 Å². The Morgan fingerprint density at radius 3 is 1.00 bits per heavy atom. The highest BCUT2D eigenvalue weighted by Gasteiger charge is 2.18. The number of aliphatic hydroxyl groups excluding tert-OH is 2. The molecule has 0 aromatic rings. The number of allylic oxidation sites excluding steroid dienone is 3. The zero-order valence-electron chi connectivity index (χ0n) is 48.0. The number of carbonyl (C=O) groups is 2. The second kappa shape index (κ2) is 60.9. The van der Waals surface area contributed by atoms with Gasteiger partial charge in [0, 0.05) is 12.8 Å². The van der Waals surface area contributed by atoms with E-state index in [1.54, 1.807) is 6.08 Å². The van der Waals surface area contributed by atoms with E-state index in [0.29, 0.717) is 19.4 Å². The number of amides is 1. The number of hydrogen-bond donors (Lipinski definition) is 3. The minimum absolute atomic E-state index is 0.0163. The van der Waals surface area contributed by atoms with Crippen LogP contribution in [-0.4, -0.2) is 47.4 Å². The fourth-order valence-electron chi connectivity index (χ4n) is 10.0. The van der Waals surface area contributed by atoms with Crippen molar-refractivity contribution in [3.05, 3.63) is 24.3 Å². The van der Waals surface area contributed by atoms with Crippen molar-refractivity contribution in [2.75, 3.05) is 13.2 Å². The molecule has 71 heavy (non-hydrogen) atoms. The molecule has 0 spiro atoms. The molecule has 0 saturated carbocycles. The zero-order chi connectivity index (χ0) is 51.4. The average molecular weight is 1000 g/mol. The summed E-state index contributed by atoms with van der Waals surface area (Å²) in [4.78, 5) is 24.5. The van der Waals surface area contributed by atoms with Gasteiger partial charge in [0.2, 0.25) is 5.91 Å². The molecule has 0 heterocycles. The summed E-state index contributed by atoms with van der Waals surface area (Å²) in [6.07, 6.45) is 75.2. The molecule has 420 valence electrons. The number of carbonyl (C=O) groups excluding carboxylic acids is 2. The van der Waals surface area contributed by atoms with Gasteiger partial charge < -0.3 is 20.3 Å². The van der Waals surface area contributed by atoms with E-state index in [4.69, 9.17) is 4.74 Å². The van der Waals surface area contributed by atoms with Gasteiger partial charge in [0.05, 0.1) is 25.4 Å². The summed E-state index contributed by atoms with van der Waals surface area (Å²) < 4.78 is 5.50. The second-order valence-corrected chi connectivity index (χ2v) is 22.1. The van der Waals surface area contributed by atoms with E-state index < -0.39 is 12.1 Å². The minimum atomic E-state index is -0.846. The van der Waals surface area contributed by atoms with Gasteiger partial charge in [-0.25, -0.2) is 0 Å². The lowest BCUT2D eigenvalue weighted by Crippen LogP contribution is -2.45. The molecule has 2 unspecified atom stereocenters. The first-order chi connectivity index (χ1) is 35.0. The summed E-state index contributed by atoms with van der Waals surface area (Å²) in [5.41, 5.74) is 0.